The van der Waals surface area contributed by atoms with Gasteiger partial charge in [-0.25, -0.2) is 0 Å². The van der Waals surface area contributed by atoms with Crippen LogP contribution < -0.4 is 5.32 Å². The molecule has 1 heterocycles. The molecule has 1 unspecified atom stereocenters. The van der Waals surface area contributed by atoms with Crippen LogP contribution in [0.1, 0.15) is 40.3 Å². The topological polar surface area (TPSA) is 12.0 Å². The van der Waals surface area contributed by atoms with Crippen LogP contribution in [-0.4, -0.2) is 6.54 Å². The number of aryl methyl sites for hydroxylation is 2. The lowest BCUT2D eigenvalue weighted by Crippen LogP contribution is -2.23. The number of hydrogen-bond donors (Lipinski definition) is 1. The third-order valence-corrected chi connectivity index (χ3v) is 5.51. The van der Waals surface area contributed by atoms with Crippen molar-refractivity contribution in [3.63, 3.8) is 0 Å². The van der Waals surface area contributed by atoms with E-state index in [1.54, 1.807) is 0 Å². The Kier molecular flexibility index (Phi) is 6.05. The van der Waals surface area contributed by atoms with E-state index in [-0.39, 0.29) is 0 Å². The first-order valence-electron chi connectivity index (χ1n) is 7.15. The highest BCUT2D eigenvalue weighted by atomic mass is 127. The highest BCUT2D eigenvalue weighted by Crippen LogP contribution is 2.29. The summed E-state index contributed by atoms with van der Waals surface area (Å²) in [4.78, 5) is 2.90. The van der Waals surface area contributed by atoms with E-state index in [0.717, 1.165) is 13.0 Å². The average molecular weight is 399 g/mol. The van der Waals surface area contributed by atoms with E-state index < -0.39 is 0 Å². The molecular formula is C17H22INS. The van der Waals surface area contributed by atoms with Gasteiger partial charge in [0.05, 0.1) is 0 Å². The molecule has 2 rings (SSSR count). The van der Waals surface area contributed by atoms with Crippen LogP contribution >= 0.6 is 33.9 Å². The maximum atomic E-state index is 3.70. The third-order valence-electron chi connectivity index (χ3n) is 3.52. The first kappa shape index (κ1) is 16.0. The summed E-state index contributed by atoms with van der Waals surface area (Å²) in [7, 11) is 0. The Labute approximate surface area is 139 Å². The monoisotopic (exact) mass is 399 g/mol. The molecule has 2 aromatic rings. The molecule has 1 aromatic carbocycles. The second-order valence-corrected chi connectivity index (χ2v) is 7.76. The van der Waals surface area contributed by atoms with Crippen LogP contribution in [0.2, 0.25) is 0 Å². The van der Waals surface area contributed by atoms with Crippen molar-refractivity contribution in [1.29, 1.82) is 0 Å². The van der Waals surface area contributed by atoms with Crippen molar-refractivity contribution >= 4 is 33.9 Å². The summed E-state index contributed by atoms with van der Waals surface area (Å²) in [5.41, 5.74) is 2.82. The van der Waals surface area contributed by atoms with E-state index in [1.165, 1.54) is 30.9 Å². The van der Waals surface area contributed by atoms with E-state index >= 15 is 0 Å². The van der Waals surface area contributed by atoms with Crippen molar-refractivity contribution in [3.05, 3.63) is 54.8 Å². The van der Waals surface area contributed by atoms with Crippen molar-refractivity contribution in [3.8, 4) is 0 Å². The minimum atomic E-state index is 0.437. The minimum Gasteiger partial charge on any atom is -0.309 e. The van der Waals surface area contributed by atoms with Gasteiger partial charge in [0.25, 0.3) is 0 Å². The summed E-state index contributed by atoms with van der Waals surface area (Å²) in [6, 6.07) is 11.7. The average Bonchev–Trinajstić information content (AvgIpc) is 2.77. The van der Waals surface area contributed by atoms with Crippen LogP contribution in [0.15, 0.2) is 30.3 Å². The van der Waals surface area contributed by atoms with Crippen LogP contribution in [0.25, 0.3) is 0 Å². The highest BCUT2D eigenvalue weighted by Gasteiger charge is 2.14. The molecule has 0 amide bonds. The molecular weight excluding hydrogens is 377 g/mol. The molecule has 0 aliphatic heterocycles. The molecule has 3 heteroatoms. The SMILES string of the molecule is CCCNC(Cc1ccc(I)cc1)c1cc(C)c(C)s1. The van der Waals surface area contributed by atoms with Gasteiger partial charge in [-0.05, 0) is 85.2 Å². The summed E-state index contributed by atoms with van der Waals surface area (Å²) in [5, 5.41) is 3.70. The Morgan fingerprint density at radius 3 is 2.45 bits per heavy atom. The number of nitrogens with one attached hydrogen (secondary N) is 1. The summed E-state index contributed by atoms with van der Waals surface area (Å²) in [5.74, 6) is 0. The van der Waals surface area contributed by atoms with Crippen molar-refractivity contribution in [2.45, 2.75) is 39.7 Å². The van der Waals surface area contributed by atoms with Crippen LogP contribution in [0, 0.1) is 17.4 Å². The molecule has 108 valence electrons. The van der Waals surface area contributed by atoms with Crippen LogP contribution in [0.5, 0.6) is 0 Å². The van der Waals surface area contributed by atoms with Crippen LogP contribution in [-0.2, 0) is 6.42 Å². The fraction of sp³-hybridized carbons (Fsp3) is 0.412. The largest absolute Gasteiger partial charge is 0.309 e. The quantitative estimate of drug-likeness (QED) is 0.654. The van der Waals surface area contributed by atoms with Crippen molar-refractivity contribution < 1.29 is 0 Å². The van der Waals surface area contributed by atoms with Gasteiger partial charge in [0, 0.05) is 19.4 Å². The summed E-state index contributed by atoms with van der Waals surface area (Å²) in [6.45, 7) is 7.72. The van der Waals surface area contributed by atoms with Crippen LogP contribution in [0.3, 0.4) is 0 Å². The zero-order valence-corrected chi connectivity index (χ0v) is 15.3. The lowest BCUT2D eigenvalue weighted by molar-refractivity contribution is 0.536. The molecule has 20 heavy (non-hydrogen) atoms. The second-order valence-electron chi connectivity index (χ2n) is 5.23. The second kappa shape index (κ2) is 7.57. The molecule has 0 saturated heterocycles. The number of halogens is 1. The Morgan fingerprint density at radius 1 is 1.20 bits per heavy atom. The molecule has 0 aliphatic carbocycles. The minimum absolute atomic E-state index is 0.437. The highest BCUT2D eigenvalue weighted by molar-refractivity contribution is 14.1. The van der Waals surface area contributed by atoms with Crippen molar-refractivity contribution in [1.82, 2.24) is 5.32 Å². The molecule has 0 saturated carbocycles. The molecule has 1 aromatic heterocycles. The van der Waals surface area contributed by atoms with Gasteiger partial charge in [-0.3, -0.25) is 0 Å². The first-order chi connectivity index (χ1) is 9.60. The van der Waals surface area contributed by atoms with Crippen molar-refractivity contribution in [2.24, 2.45) is 0 Å². The van der Waals surface area contributed by atoms with E-state index in [0.29, 0.717) is 6.04 Å². The zero-order valence-electron chi connectivity index (χ0n) is 12.4. The van der Waals surface area contributed by atoms with Gasteiger partial charge in [0.2, 0.25) is 0 Å². The normalized spacial score (nSPS) is 12.6. The molecule has 0 aliphatic rings. The molecule has 0 spiro atoms. The molecule has 1 atom stereocenters. The molecule has 0 fully saturated rings. The predicted molar refractivity (Wildman–Crippen MR) is 97.7 cm³/mol. The lowest BCUT2D eigenvalue weighted by Gasteiger charge is -2.17. The van der Waals surface area contributed by atoms with Gasteiger partial charge in [-0.2, -0.15) is 0 Å². The Hall–Kier alpha value is -0.390. The number of thiophene rings is 1. The first-order valence-corrected chi connectivity index (χ1v) is 9.04. The standard InChI is InChI=1S/C17H22INS/c1-4-9-19-16(17-10-12(2)13(3)20-17)11-14-5-7-15(18)8-6-14/h5-8,10,16,19H,4,9,11H2,1-3H3. The van der Waals surface area contributed by atoms with Crippen molar-refractivity contribution in [2.75, 3.05) is 6.54 Å². The van der Waals surface area contributed by atoms with Gasteiger partial charge in [-0.15, -0.1) is 11.3 Å². The number of rotatable bonds is 6. The number of benzene rings is 1. The summed E-state index contributed by atoms with van der Waals surface area (Å²) in [6.07, 6.45) is 2.24. The molecule has 1 nitrogen and oxygen atoms in total. The summed E-state index contributed by atoms with van der Waals surface area (Å²) >= 11 is 4.29. The maximum absolute atomic E-state index is 3.70. The smallest absolute Gasteiger partial charge is 0.0455 e. The molecule has 1 N–H and O–H groups in total. The Balaban J connectivity index is 2.16. The maximum Gasteiger partial charge on any atom is 0.0455 e. The summed E-state index contributed by atoms with van der Waals surface area (Å²) < 4.78 is 1.30. The van der Waals surface area contributed by atoms with Gasteiger partial charge in [0.1, 0.15) is 0 Å². The predicted octanol–water partition coefficient (Wildman–Crippen LogP) is 5.25. The Bertz CT molecular complexity index is 525. The van der Waals surface area contributed by atoms with E-state index in [1.807, 2.05) is 11.3 Å². The van der Waals surface area contributed by atoms with Gasteiger partial charge >= 0.3 is 0 Å². The fourth-order valence-corrected chi connectivity index (χ4v) is 3.70. The van der Waals surface area contributed by atoms with E-state index in [9.17, 15) is 0 Å². The Morgan fingerprint density at radius 2 is 1.90 bits per heavy atom. The van der Waals surface area contributed by atoms with Crippen LogP contribution in [0.4, 0.5) is 0 Å². The van der Waals surface area contributed by atoms with E-state index in [4.69, 9.17) is 0 Å². The molecule has 0 radical (unpaired) electrons. The third kappa shape index (κ3) is 4.30. The lowest BCUT2D eigenvalue weighted by atomic mass is 10.0. The van der Waals surface area contributed by atoms with Gasteiger partial charge in [-0.1, -0.05) is 19.1 Å². The number of hydrogen-bond acceptors (Lipinski definition) is 2. The van der Waals surface area contributed by atoms with Gasteiger partial charge < -0.3 is 5.32 Å². The fourth-order valence-electron chi connectivity index (χ4n) is 2.22. The molecule has 0 bridgehead atoms. The van der Waals surface area contributed by atoms with E-state index in [2.05, 4.69) is 79.0 Å². The zero-order chi connectivity index (χ0) is 14.5. The van der Waals surface area contributed by atoms with Gasteiger partial charge in [0.15, 0.2) is 0 Å².